The van der Waals surface area contributed by atoms with Gasteiger partial charge < -0.3 is 10.1 Å². The maximum absolute atomic E-state index is 11.9. The molecule has 0 aliphatic carbocycles. The third kappa shape index (κ3) is 4.96. The first kappa shape index (κ1) is 16.7. The molecule has 0 bridgehead atoms. The van der Waals surface area contributed by atoms with Crippen LogP contribution in [0.5, 0.6) is 0 Å². The Kier molecular flexibility index (Phi) is 6.20. The Morgan fingerprint density at radius 3 is 2.50 bits per heavy atom. The first-order chi connectivity index (χ1) is 9.31. The Morgan fingerprint density at radius 2 is 2.00 bits per heavy atom. The molecule has 0 spiro atoms. The fourth-order valence-corrected chi connectivity index (χ4v) is 2.22. The monoisotopic (exact) mass is 281 g/mol. The minimum Gasteiger partial charge on any atom is -0.378 e. The summed E-state index contributed by atoms with van der Waals surface area (Å²) in [4.78, 5) is 11.9. The molecule has 0 radical (unpaired) electrons. The van der Waals surface area contributed by atoms with Crippen molar-refractivity contribution in [2.75, 3.05) is 11.9 Å². The highest BCUT2D eigenvalue weighted by Crippen LogP contribution is 2.17. The molecule has 5 heteroatoms. The normalized spacial score (nSPS) is 12.8. The van der Waals surface area contributed by atoms with Gasteiger partial charge >= 0.3 is 0 Å². The van der Waals surface area contributed by atoms with Crippen molar-refractivity contribution < 1.29 is 9.53 Å². The van der Waals surface area contributed by atoms with Crippen LogP contribution in [0.2, 0.25) is 0 Å². The molecule has 1 N–H and O–H groups in total. The second-order valence-electron chi connectivity index (χ2n) is 5.79. The Bertz CT molecular complexity index is 452. The maximum Gasteiger partial charge on any atom is 0.227 e. The van der Waals surface area contributed by atoms with E-state index in [4.69, 9.17) is 4.74 Å². The number of aryl methyl sites for hydroxylation is 2. The number of aromatic nitrogens is 2. The lowest BCUT2D eigenvalue weighted by Gasteiger charge is -2.15. The van der Waals surface area contributed by atoms with Crippen LogP contribution in [0.25, 0.3) is 0 Å². The highest BCUT2D eigenvalue weighted by atomic mass is 16.5. The molecule has 1 heterocycles. The number of nitrogens with zero attached hydrogens (tertiary/aromatic N) is 2. The van der Waals surface area contributed by atoms with E-state index in [-0.39, 0.29) is 12.0 Å². The highest BCUT2D eigenvalue weighted by molar-refractivity contribution is 5.90. The first-order valence-electron chi connectivity index (χ1n) is 7.23. The van der Waals surface area contributed by atoms with Gasteiger partial charge in [-0.15, -0.1) is 0 Å². The van der Waals surface area contributed by atoms with E-state index in [1.807, 2.05) is 27.8 Å². The first-order valence-corrected chi connectivity index (χ1v) is 7.23. The number of ether oxygens (including phenoxy) is 1. The molecule has 0 aliphatic rings. The minimum atomic E-state index is -0.0344. The summed E-state index contributed by atoms with van der Waals surface area (Å²) in [7, 11) is 1.83. The predicted octanol–water partition coefficient (Wildman–Crippen LogP) is 2.82. The van der Waals surface area contributed by atoms with Crippen molar-refractivity contribution in [3.05, 3.63) is 11.3 Å². The largest absolute Gasteiger partial charge is 0.378 e. The van der Waals surface area contributed by atoms with Gasteiger partial charge in [-0.2, -0.15) is 5.10 Å². The topological polar surface area (TPSA) is 56.2 Å². The Balaban J connectivity index is 2.37. The number of hydrogen-bond acceptors (Lipinski definition) is 3. The number of carbonyl (C=O) groups is 1. The lowest BCUT2D eigenvalue weighted by atomic mass is 10.1. The van der Waals surface area contributed by atoms with Gasteiger partial charge in [-0.25, -0.2) is 0 Å². The molecule has 0 fully saturated rings. The zero-order valence-corrected chi connectivity index (χ0v) is 13.5. The smallest absolute Gasteiger partial charge is 0.227 e. The van der Waals surface area contributed by atoms with E-state index in [1.54, 1.807) is 4.68 Å². The highest BCUT2D eigenvalue weighted by Gasteiger charge is 2.12. The zero-order chi connectivity index (χ0) is 15.3. The van der Waals surface area contributed by atoms with E-state index in [0.29, 0.717) is 18.9 Å². The number of hydrogen-bond donors (Lipinski definition) is 1. The van der Waals surface area contributed by atoms with Crippen molar-refractivity contribution in [1.29, 1.82) is 0 Å². The Hall–Kier alpha value is -1.36. The lowest BCUT2D eigenvalue weighted by molar-refractivity contribution is -0.117. The molecule has 5 nitrogen and oxygen atoms in total. The van der Waals surface area contributed by atoms with Gasteiger partial charge in [0.1, 0.15) is 5.82 Å². The van der Waals surface area contributed by atoms with Crippen LogP contribution >= 0.6 is 0 Å². The van der Waals surface area contributed by atoms with Crippen LogP contribution in [0.1, 0.15) is 44.9 Å². The quantitative estimate of drug-likeness (QED) is 0.836. The van der Waals surface area contributed by atoms with E-state index in [2.05, 4.69) is 24.3 Å². The molecule has 0 saturated heterocycles. The standard InChI is InChI=1S/C15H27N3O2/c1-10(2)9-11(3)20-8-7-14(19)16-15-12(4)13(5)17-18(15)6/h10-11H,7-9H2,1-6H3,(H,16,19)/t11-/m0/s1. The van der Waals surface area contributed by atoms with Crippen LogP contribution in [-0.4, -0.2) is 28.4 Å². The SMILES string of the molecule is Cc1nn(C)c(NC(=O)CCO[C@@H](C)CC(C)C)c1C. The molecule has 1 aromatic heterocycles. The molecule has 0 unspecified atom stereocenters. The summed E-state index contributed by atoms with van der Waals surface area (Å²) in [6, 6.07) is 0. The van der Waals surface area contributed by atoms with E-state index in [9.17, 15) is 4.79 Å². The zero-order valence-electron chi connectivity index (χ0n) is 13.5. The van der Waals surface area contributed by atoms with Gasteiger partial charge in [0.2, 0.25) is 5.91 Å². The number of rotatable bonds is 7. The van der Waals surface area contributed by atoms with Crippen LogP contribution in [0, 0.1) is 19.8 Å². The second kappa shape index (κ2) is 7.43. The number of nitrogens with one attached hydrogen (secondary N) is 1. The molecule has 114 valence electrons. The molecular formula is C15H27N3O2. The minimum absolute atomic E-state index is 0.0344. The van der Waals surface area contributed by atoms with Crippen LogP contribution in [0.3, 0.4) is 0 Å². The number of amides is 1. The predicted molar refractivity (Wildman–Crippen MR) is 80.8 cm³/mol. The molecule has 1 aromatic rings. The molecule has 20 heavy (non-hydrogen) atoms. The van der Waals surface area contributed by atoms with Gasteiger partial charge in [-0.1, -0.05) is 13.8 Å². The molecular weight excluding hydrogens is 254 g/mol. The number of carbonyl (C=O) groups excluding carboxylic acids is 1. The summed E-state index contributed by atoms with van der Waals surface area (Å²) in [5, 5.41) is 7.17. The van der Waals surface area contributed by atoms with Gasteiger partial charge in [-0.3, -0.25) is 9.48 Å². The van der Waals surface area contributed by atoms with Crippen molar-refractivity contribution in [2.45, 2.75) is 53.6 Å². The van der Waals surface area contributed by atoms with Crippen molar-refractivity contribution in [3.63, 3.8) is 0 Å². The second-order valence-corrected chi connectivity index (χ2v) is 5.79. The summed E-state index contributed by atoms with van der Waals surface area (Å²) in [5.74, 6) is 1.34. The summed E-state index contributed by atoms with van der Waals surface area (Å²) in [5.41, 5.74) is 1.94. The van der Waals surface area contributed by atoms with Crippen molar-refractivity contribution in [1.82, 2.24) is 9.78 Å². The Morgan fingerprint density at radius 1 is 1.35 bits per heavy atom. The lowest BCUT2D eigenvalue weighted by Crippen LogP contribution is -2.19. The van der Waals surface area contributed by atoms with Crippen molar-refractivity contribution >= 4 is 11.7 Å². The summed E-state index contributed by atoms with van der Waals surface area (Å²) < 4.78 is 7.34. The Labute approximate surface area is 121 Å². The van der Waals surface area contributed by atoms with Crippen LogP contribution in [0.4, 0.5) is 5.82 Å². The fourth-order valence-electron chi connectivity index (χ4n) is 2.22. The van der Waals surface area contributed by atoms with Crippen molar-refractivity contribution in [3.8, 4) is 0 Å². The van der Waals surface area contributed by atoms with E-state index in [1.165, 1.54) is 0 Å². The summed E-state index contributed by atoms with van der Waals surface area (Å²) in [6.45, 7) is 10.7. The molecule has 0 saturated carbocycles. The van der Waals surface area contributed by atoms with Crippen LogP contribution < -0.4 is 5.32 Å². The summed E-state index contributed by atoms with van der Waals surface area (Å²) >= 11 is 0. The van der Waals surface area contributed by atoms with Gasteiger partial charge in [0.05, 0.1) is 24.8 Å². The van der Waals surface area contributed by atoms with Crippen LogP contribution in [-0.2, 0) is 16.6 Å². The molecule has 1 amide bonds. The molecule has 1 atom stereocenters. The van der Waals surface area contributed by atoms with Crippen molar-refractivity contribution in [2.24, 2.45) is 13.0 Å². The van der Waals surface area contributed by atoms with Gasteiger partial charge in [0.25, 0.3) is 0 Å². The van der Waals surface area contributed by atoms with Gasteiger partial charge in [0, 0.05) is 12.6 Å². The average Bonchev–Trinajstić information content (AvgIpc) is 2.55. The van der Waals surface area contributed by atoms with Gasteiger partial charge in [0.15, 0.2) is 0 Å². The fraction of sp³-hybridized carbons (Fsp3) is 0.733. The van der Waals surface area contributed by atoms with E-state index in [0.717, 1.165) is 23.5 Å². The van der Waals surface area contributed by atoms with E-state index >= 15 is 0 Å². The van der Waals surface area contributed by atoms with E-state index < -0.39 is 0 Å². The summed E-state index contributed by atoms with van der Waals surface area (Å²) in [6.07, 6.45) is 1.58. The third-order valence-corrected chi connectivity index (χ3v) is 3.31. The van der Waals surface area contributed by atoms with Gasteiger partial charge in [-0.05, 0) is 33.1 Å². The average molecular weight is 281 g/mol. The maximum atomic E-state index is 11.9. The molecule has 0 aliphatic heterocycles. The third-order valence-electron chi connectivity index (χ3n) is 3.31. The molecule has 0 aromatic carbocycles. The number of anilines is 1. The molecule has 1 rings (SSSR count). The van der Waals surface area contributed by atoms with Crippen LogP contribution in [0.15, 0.2) is 0 Å².